The van der Waals surface area contributed by atoms with Gasteiger partial charge in [0.25, 0.3) is 0 Å². The van der Waals surface area contributed by atoms with Gasteiger partial charge in [0, 0.05) is 30.2 Å². The van der Waals surface area contributed by atoms with E-state index in [-0.39, 0.29) is 6.03 Å². The third-order valence-electron chi connectivity index (χ3n) is 5.86. The van der Waals surface area contributed by atoms with E-state index >= 15 is 0 Å². The molecule has 25 heavy (non-hydrogen) atoms. The summed E-state index contributed by atoms with van der Waals surface area (Å²) in [6.45, 7) is 0. The van der Waals surface area contributed by atoms with Crippen molar-refractivity contribution in [1.82, 2.24) is 10.6 Å². The van der Waals surface area contributed by atoms with Gasteiger partial charge in [-0.25, -0.2) is 4.79 Å². The normalized spacial score (nSPS) is 33.7. The van der Waals surface area contributed by atoms with Crippen LogP contribution in [0.1, 0.15) is 83.5 Å². The number of hydrogen-bond acceptors (Lipinski definition) is 4. The molecule has 0 heterocycles. The molecule has 0 aromatic heterocycles. The molecule has 2 amide bonds. The molecule has 0 spiro atoms. The average molecular weight is 354 g/mol. The largest absolute Gasteiger partial charge is 0.335 e. The molecule has 3 saturated carbocycles. The van der Waals surface area contributed by atoms with Gasteiger partial charge in [0.05, 0.1) is 0 Å². The second-order valence-electron chi connectivity index (χ2n) is 8.24. The first-order valence-electron chi connectivity index (χ1n) is 10.4. The topological polar surface area (TPSA) is 119 Å². The maximum Gasteiger partial charge on any atom is 0.315 e. The SMILES string of the molecule is NC1CCC(N)CC1.NC1CCC(NC(=O)NC2CCCCC2)CC1. The van der Waals surface area contributed by atoms with Gasteiger partial charge < -0.3 is 27.8 Å². The molecule has 3 aliphatic rings. The first-order chi connectivity index (χ1) is 12.0. The fourth-order valence-corrected chi connectivity index (χ4v) is 4.07. The molecule has 0 unspecified atom stereocenters. The summed E-state index contributed by atoms with van der Waals surface area (Å²) >= 11 is 0. The van der Waals surface area contributed by atoms with Gasteiger partial charge in [-0.3, -0.25) is 0 Å². The van der Waals surface area contributed by atoms with Crippen LogP contribution < -0.4 is 27.8 Å². The van der Waals surface area contributed by atoms with Crippen LogP contribution in [0.15, 0.2) is 0 Å². The highest BCUT2D eigenvalue weighted by Crippen LogP contribution is 2.19. The van der Waals surface area contributed by atoms with E-state index in [9.17, 15) is 4.79 Å². The zero-order chi connectivity index (χ0) is 18.1. The fourth-order valence-electron chi connectivity index (χ4n) is 4.07. The van der Waals surface area contributed by atoms with Crippen LogP contribution in [0.25, 0.3) is 0 Å². The molecular formula is C19H39N5O. The van der Waals surface area contributed by atoms with E-state index < -0.39 is 0 Å². The molecule has 3 rings (SSSR count). The van der Waals surface area contributed by atoms with Crippen LogP contribution >= 0.6 is 0 Å². The fraction of sp³-hybridized carbons (Fsp3) is 0.947. The van der Waals surface area contributed by atoms with Crippen molar-refractivity contribution in [3.05, 3.63) is 0 Å². The van der Waals surface area contributed by atoms with Crippen LogP contribution in [0.2, 0.25) is 0 Å². The van der Waals surface area contributed by atoms with Crippen LogP contribution in [0.3, 0.4) is 0 Å². The van der Waals surface area contributed by atoms with E-state index in [2.05, 4.69) is 10.6 Å². The average Bonchev–Trinajstić information content (AvgIpc) is 2.61. The zero-order valence-electron chi connectivity index (χ0n) is 15.7. The summed E-state index contributed by atoms with van der Waals surface area (Å²) in [6.07, 6.45) is 14.7. The predicted molar refractivity (Wildman–Crippen MR) is 103 cm³/mol. The predicted octanol–water partition coefficient (Wildman–Crippen LogP) is 2.10. The van der Waals surface area contributed by atoms with Crippen molar-refractivity contribution in [1.29, 1.82) is 0 Å². The number of urea groups is 1. The molecule has 146 valence electrons. The lowest BCUT2D eigenvalue weighted by atomic mass is 9.92. The number of hydrogen-bond donors (Lipinski definition) is 5. The van der Waals surface area contributed by atoms with Crippen molar-refractivity contribution in [3.63, 3.8) is 0 Å². The Kier molecular flexibility index (Phi) is 8.99. The molecule has 3 fully saturated rings. The molecule has 6 heteroatoms. The highest BCUT2D eigenvalue weighted by Gasteiger charge is 2.21. The van der Waals surface area contributed by atoms with Crippen molar-refractivity contribution in [2.75, 3.05) is 0 Å². The Morgan fingerprint density at radius 1 is 0.560 bits per heavy atom. The lowest BCUT2D eigenvalue weighted by Crippen LogP contribution is -2.48. The Bertz CT molecular complexity index is 360. The molecule has 0 atom stereocenters. The number of carbonyl (C=O) groups is 1. The smallest absolute Gasteiger partial charge is 0.315 e. The third kappa shape index (κ3) is 8.38. The molecule has 0 radical (unpaired) electrons. The Labute approximate surface area is 153 Å². The standard InChI is InChI=1S/C13H25N3O.C6H14N2/c14-10-6-8-12(9-7-10)16-13(17)15-11-4-2-1-3-5-11;7-5-1-2-6(8)4-3-5/h10-12H,1-9,14H2,(H2,15,16,17);5-6H,1-4,7-8H2. The van der Waals surface area contributed by atoms with E-state index in [4.69, 9.17) is 17.2 Å². The van der Waals surface area contributed by atoms with Crippen molar-refractivity contribution in [2.45, 2.75) is 114 Å². The van der Waals surface area contributed by atoms with Gasteiger partial charge in [-0.15, -0.1) is 0 Å². The molecule has 0 saturated heterocycles. The molecular weight excluding hydrogens is 314 g/mol. The van der Waals surface area contributed by atoms with E-state index in [0.717, 1.165) is 64.2 Å². The van der Waals surface area contributed by atoms with Crippen LogP contribution in [0.5, 0.6) is 0 Å². The monoisotopic (exact) mass is 353 g/mol. The Morgan fingerprint density at radius 3 is 1.36 bits per heavy atom. The van der Waals surface area contributed by atoms with E-state index in [1.165, 1.54) is 19.3 Å². The minimum atomic E-state index is 0.0253. The Hall–Kier alpha value is -0.850. The van der Waals surface area contributed by atoms with Crippen LogP contribution in [-0.4, -0.2) is 36.2 Å². The third-order valence-corrected chi connectivity index (χ3v) is 5.86. The highest BCUT2D eigenvalue weighted by molar-refractivity contribution is 5.74. The molecule has 0 bridgehead atoms. The van der Waals surface area contributed by atoms with Crippen LogP contribution in [0.4, 0.5) is 4.79 Å². The van der Waals surface area contributed by atoms with E-state index in [0.29, 0.717) is 30.2 Å². The van der Waals surface area contributed by atoms with Crippen LogP contribution in [-0.2, 0) is 0 Å². The summed E-state index contributed by atoms with van der Waals surface area (Å²) in [7, 11) is 0. The number of nitrogens with one attached hydrogen (secondary N) is 2. The summed E-state index contributed by atoms with van der Waals surface area (Å²) in [5, 5.41) is 6.18. The van der Waals surface area contributed by atoms with Gasteiger partial charge in [0.15, 0.2) is 0 Å². The van der Waals surface area contributed by atoms with Crippen molar-refractivity contribution >= 4 is 6.03 Å². The van der Waals surface area contributed by atoms with E-state index in [1.807, 2.05) is 0 Å². The number of rotatable bonds is 2. The van der Waals surface area contributed by atoms with E-state index in [1.54, 1.807) is 0 Å². The number of nitrogens with two attached hydrogens (primary N) is 3. The molecule has 6 nitrogen and oxygen atoms in total. The quantitative estimate of drug-likeness (QED) is 0.522. The second-order valence-corrected chi connectivity index (χ2v) is 8.24. The molecule has 0 aromatic rings. The molecule has 8 N–H and O–H groups in total. The van der Waals surface area contributed by atoms with Crippen molar-refractivity contribution in [2.24, 2.45) is 17.2 Å². The summed E-state index contributed by atoms with van der Waals surface area (Å²) in [5.41, 5.74) is 17.1. The van der Waals surface area contributed by atoms with Gasteiger partial charge in [-0.2, -0.15) is 0 Å². The summed E-state index contributed by atoms with van der Waals surface area (Å²) in [4.78, 5) is 11.8. The maximum absolute atomic E-state index is 11.8. The highest BCUT2D eigenvalue weighted by atomic mass is 16.2. The van der Waals surface area contributed by atoms with Crippen molar-refractivity contribution < 1.29 is 4.79 Å². The summed E-state index contributed by atoms with van der Waals surface area (Å²) in [5.74, 6) is 0. The summed E-state index contributed by atoms with van der Waals surface area (Å²) < 4.78 is 0. The van der Waals surface area contributed by atoms with Gasteiger partial charge in [0.1, 0.15) is 0 Å². The Balaban J connectivity index is 0.000000236. The minimum Gasteiger partial charge on any atom is -0.335 e. The zero-order valence-corrected chi connectivity index (χ0v) is 15.7. The second kappa shape index (κ2) is 11.0. The first-order valence-corrected chi connectivity index (χ1v) is 10.4. The molecule has 0 aromatic carbocycles. The van der Waals surface area contributed by atoms with Gasteiger partial charge in [-0.1, -0.05) is 19.3 Å². The van der Waals surface area contributed by atoms with Gasteiger partial charge >= 0.3 is 6.03 Å². The van der Waals surface area contributed by atoms with Crippen LogP contribution in [0, 0.1) is 0 Å². The van der Waals surface area contributed by atoms with Gasteiger partial charge in [-0.05, 0) is 64.2 Å². The number of carbonyl (C=O) groups excluding carboxylic acids is 1. The lowest BCUT2D eigenvalue weighted by molar-refractivity contribution is 0.223. The first kappa shape index (κ1) is 20.5. The number of amides is 2. The van der Waals surface area contributed by atoms with Gasteiger partial charge in [0.2, 0.25) is 0 Å². The minimum absolute atomic E-state index is 0.0253. The molecule has 3 aliphatic carbocycles. The molecule has 0 aliphatic heterocycles. The summed E-state index contributed by atoms with van der Waals surface area (Å²) in [6, 6.07) is 1.98. The lowest BCUT2D eigenvalue weighted by Gasteiger charge is -2.28. The maximum atomic E-state index is 11.8. The van der Waals surface area contributed by atoms with Crippen molar-refractivity contribution in [3.8, 4) is 0 Å². The Morgan fingerprint density at radius 2 is 0.920 bits per heavy atom.